The van der Waals surface area contributed by atoms with Crippen molar-refractivity contribution >= 4 is 6.03 Å². The number of rotatable bonds is 2. The van der Waals surface area contributed by atoms with Crippen LogP contribution < -0.4 is 10.6 Å². The van der Waals surface area contributed by atoms with Gasteiger partial charge >= 0.3 is 6.03 Å². The van der Waals surface area contributed by atoms with Crippen molar-refractivity contribution in [3.05, 3.63) is 0 Å². The van der Waals surface area contributed by atoms with Crippen LogP contribution in [0.2, 0.25) is 0 Å². The van der Waals surface area contributed by atoms with E-state index in [1.165, 1.54) is 19.3 Å². The van der Waals surface area contributed by atoms with Gasteiger partial charge in [0.25, 0.3) is 0 Å². The molecule has 3 saturated heterocycles. The Morgan fingerprint density at radius 2 is 2.00 bits per heavy atom. The van der Waals surface area contributed by atoms with Gasteiger partial charge in [-0.05, 0) is 44.7 Å². The molecule has 3 fully saturated rings. The Kier molecular flexibility index (Phi) is 3.70. The summed E-state index contributed by atoms with van der Waals surface area (Å²) in [6.07, 6.45) is 4.75. The van der Waals surface area contributed by atoms with Crippen molar-refractivity contribution in [1.82, 2.24) is 15.5 Å². The van der Waals surface area contributed by atoms with Crippen molar-refractivity contribution in [2.45, 2.75) is 37.8 Å². The molecule has 2 N–H and O–H groups in total. The molecule has 3 heterocycles. The average molecular weight is 253 g/mol. The number of hydrogen-bond donors (Lipinski definition) is 2. The zero-order chi connectivity index (χ0) is 12.4. The third kappa shape index (κ3) is 2.47. The Balaban J connectivity index is 1.57. The minimum absolute atomic E-state index is 0.129. The summed E-state index contributed by atoms with van der Waals surface area (Å²) in [6, 6.07) is 0.837. The topological polar surface area (TPSA) is 53.6 Å². The van der Waals surface area contributed by atoms with E-state index in [1.807, 2.05) is 0 Å². The van der Waals surface area contributed by atoms with Crippen molar-refractivity contribution in [1.29, 1.82) is 0 Å². The van der Waals surface area contributed by atoms with Gasteiger partial charge in [-0.15, -0.1) is 0 Å². The third-order valence-corrected chi connectivity index (χ3v) is 4.45. The summed E-state index contributed by atoms with van der Waals surface area (Å²) in [6.45, 7) is 4.49. The molecule has 5 nitrogen and oxygen atoms in total. The first kappa shape index (κ1) is 12.2. The number of nitrogens with zero attached hydrogens (tertiary/aromatic N) is 1. The first-order valence-electron chi connectivity index (χ1n) is 7.20. The molecule has 0 spiro atoms. The summed E-state index contributed by atoms with van der Waals surface area (Å²) in [5, 5.41) is 6.47. The number of piperidine rings is 1. The molecule has 1 unspecified atom stereocenters. The van der Waals surface area contributed by atoms with E-state index < -0.39 is 0 Å². The van der Waals surface area contributed by atoms with Crippen molar-refractivity contribution in [3.8, 4) is 0 Å². The van der Waals surface area contributed by atoms with Gasteiger partial charge in [0.2, 0.25) is 0 Å². The van der Waals surface area contributed by atoms with Gasteiger partial charge in [-0.3, -0.25) is 0 Å². The molecule has 0 radical (unpaired) electrons. The van der Waals surface area contributed by atoms with Crippen LogP contribution in [0.5, 0.6) is 0 Å². The summed E-state index contributed by atoms with van der Waals surface area (Å²) in [7, 11) is 0. The van der Waals surface area contributed by atoms with Crippen LogP contribution in [0.15, 0.2) is 0 Å². The average Bonchev–Trinajstić information content (AvgIpc) is 2.84. The first-order chi connectivity index (χ1) is 8.84. The van der Waals surface area contributed by atoms with E-state index in [9.17, 15) is 4.79 Å². The van der Waals surface area contributed by atoms with Crippen LogP contribution in [0.1, 0.15) is 25.7 Å². The molecule has 0 saturated carbocycles. The fourth-order valence-corrected chi connectivity index (χ4v) is 3.34. The van der Waals surface area contributed by atoms with Gasteiger partial charge in [0, 0.05) is 12.6 Å². The molecule has 5 heteroatoms. The Labute approximate surface area is 108 Å². The van der Waals surface area contributed by atoms with Gasteiger partial charge in [-0.2, -0.15) is 0 Å². The molecule has 0 aromatic rings. The van der Waals surface area contributed by atoms with Crippen LogP contribution >= 0.6 is 0 Å². The Bertz CT molecular complexity index is 301. The second-order valence-electron chi connectivity index (χ2n) is 5.67. The fourth-order valence-electron chi connectivity index (χ4n) is 3.34. The molecule has 102 valence electrons. The minimum atomic E-state index is 0.129. The maximum Gasteiger partial charge on any atom is 0.318 e. The molecule has 3 aliphatic heterocycles. The van der Waals surface area contributed by atoms with Crippen LogP contribution in [0.3, 0.4) is 0 Å². The van der Waals surface area contributed by atoms with Crippen LogP contribution in [-0.2, 0) is 4.74 Å². The standard InChI is InChI=1S/C13H23N3O2/c17-13(15-11-8-18-9-11)16-7-1-2-12(16)10-3-5-14-6-4-10/h10-12,14H,1-9H2,(H,15,17). The summed E-state index contributed by atoms with van der Waals surface area (Å²) < 4.78 is 5.10. The number of carbonyl (C=O) groups excluding carboxylic acids is 1. The summed E-state index contributed by atoms with van der Waals surface area (Å²) in [5.41, 5.74) is 0. The normalized spacial score (nSPS) is 30.2. The lowest BCUT2D eigenvalue weighted by molar-refractivity contribution is -0.00276. The second-order valence-corrected chi connectivity index (χ2v) is 5.67. The molecule has 0 bridgehead atoms. The van der Waals surface area contributed by atoms with E-state index in [0.29, 0.717) is 25.2 Å². The van der Waals surface area contributed by atoms with E-state index >= 15 is 0 Å². The van der Waals surface area contributed by atoms with Gasteiger partial charge in [0.05, 0.1) is 19.3 Å². The number of hydrogen-bond acceptors (Lipinski definition) is 3. The minimum Gasteiger partial charge on any atom is -0.377 e. The van der Waals surface area contributed by atoms with E-state index in [4.69, 9.17) is 4.74 Å². The molecule has 0 aromatic heterocycles. The van der Waals surface area contributed by atoms with Gasteiger partial charge in [0.1, 0.15) is 0 Å². The van der Waals surface area contributed by atoms with Gasteiger partial charge < -0.3 is 20.3 Å². The maximum atomic E-state index is 12.2. The number of carbonyl (C=O) groups is 1. The summed E-state index contributed by atoms with van der Waals surface area (Å²) in [5.74, 6) is 0.692. The van der Waals surface area contributed by atoms with Crippen molar-refractivity contribution in [2.24, 2.45) is 5.92 Å². The van der Waals surface area contributed by atoms with Crippen molar-refractivity contribution < 1.29 is 9.53 Å². The van der Waals surface area contributed by atoms with Crippen LogP contribution in [0.25, 0.3) is 0 Å². The highest BCUT2D eigenvalue weighted by molar-refractivity contribution is 5.75. The lowest BCUT2D eigenvalue weighted by atomic mass is 9.89. The molecule has 3 rings (SSSR count). The fraction of sp³-hybridized carbons (Fsp3) is 0.923. The summed E-state index contributed by atoms with van der Waals surface area (Å²) in [4.78, 5) is 14.3. The van der Waals surface area contributed by atoms with E-state index in [-0.39, 0.29) is 12.1 Å². The predicted octanol–water partition coefficient (Wildman–Crippen LogP) is 0.559. The lowest BCUT2D eigenvalue weighted by Gasteiger charge is -2.36. The smallest absolute Gasteiger partial charge is 0.318 e. The SMILES string of the molecule is O=C(NC1COC1)N1CCCC1C1CCNCC1. The highest BCUT2D eigenvalue weighted by Gasteiger charge is 2.36. The second kappa shape index (κ2) is 5.45. The van der Waals surface area contributed by atoms with Gasteiger partial charge in [-0.1, -0.05) is 0 Å². The molecule has 0 aliphatic carbocycles. The van der Waals surface area contributed by atoms with Gasteiger partial charge in [-0.25, -0.2) is 4.79 Å². The monoisotopic (exact) mass is 253 g/mol. The maximum absolute atomic E-state index is 12.2. The number of likely N-dealkylation sites (tertiary alicyclic amines) is 1. The van der Waals surface area contributed by atoms with E-state index in [2.05, 4.69) is 15.5 Å². The van der Waals surface area contributed by atoms with Crippen LogP contribution in [0.4, 0.5) is 4.79 Å². The molecule has 1 atom stereocenters. The van der Waals surface area contributed by atoms with Crippen molar-refractivity contribution in [2.75, 3.05) is 32.8 Å². The summed E-state index contributed by atoms with van der Waals surface area (Å²) >= 11 is 0. The quantitative estimate of drug-likeness (QED) is 0.756. The molecule has 2 amide bonds. The van der Waals surface area contributed by atoms with E-state index in [1.54, 1.807) is 0 Å². The lowest BCUT2D eigenvalue weighted by Crippen LogP contribution is -2.55. The zero-order valence-corrected chi connectivity index (χ0v) is 10.9. The molecule has 18 heavy (non-hydrogen) atoms. The molecular formula is C13H23N3O2. The van der Waals surface area contributed by atoms with Gasteiger partial charge in [0.15, 0.2) is 0 Å². The number of urea groups is 1. The highest BCUT2D eigenvalue weighted by atomic mass is 16.5. The molecule has 0 aromatic carbocycles. The number of ether oxygens (including phenoxy) is 1. The van der Waals surface area contributed by atoms with Crippen LogP contribution in [-0.4, -0.2) is 55.9 Å². The van der Waals surface area contributed by atoms with E-state index in [0.717, 1.165) is 26.1 Å². The zero-order valence-electron chi connectivity index (χ0n) is 10.9. The van der Waals surface area contributed by atoms with Crippen molar-refractivity contribution in [3.63, 3.8) is 0 Å². The van der Waals surface area contributed by atoms with Crippen LogP contribution in [0, 0.1) is 5.92 Å². The molecule has 3 aliphatic rings. The molecular weight excluding hydrogens is 230 g/mol. The Morgan fingerprint density at radius 1 is 1.22 bits per heavy atom. The first-order valence-corrected chi connectivity index (χ1v) is 7.20. The highest BCUT2D eigenvalue weighted by Crippen LogP contribution is 2.29. The Morgan fingerprint density at radius 3 is 2.67 bits per heavy atom. The Hall–Kier alpha value is -0.810. The number of nitrogens with one attached hydrogen (secondary N) is 2. The number of amides is 2. The largest absolute Gasteiger partial charge is 0.377 e. The predicted molar refractivity (Wildman–Crippen MR) is 68.5 cm³/mol. The third-order valence-electron chi connectivity index (χ3n) is 4.45.